The minimum absolute atomic E-state index is 0.173. The van der Waals surface area contributed by atoms with Crippen molar-refractivity contribution < 1.29 is 9.13 Å². The summed E-state index contributed by atoms with van der Waals surface area (Å²) in [4.78, 5) is 0. The molecule has 0 spiro atoms. The first-order valence-electron chi connectivity index (χ1n) is 7.69. The molecule has 0 bridgehead atoms. The standard InChI is InChI=1S/C17H28FNO/c1-4-9-19-12-15-7-8-17(18)16(11-15)13-20-10-5-6-14(2)3/h7-8,11,14,19H,4-6,9-10,12-13H2,1-3H3. The van der Waals surface area contributed by atoms with Gasteiger partial charge in [-0.1, -0.05) is 26.8 Å². The highest BCUT2D eigenvalue weighted by atomic mass is 19.1. The Kier molecular flexibility index (Phi) is 8.47. The van der Waals surface area contributed by atoms with E-state index in [4.69, 9.17) is 4.74 Å². The first-order valence-corrected chi connectivity index (χ1v) is 7.69. The van der Waals surface area contributed by atoms with E-state index < -0.39 is 0 Å². The Hall–Kier alpha value is -0.930. The monoisotopic (exact) mass is 281 g/mol. The fourth-order valence-corrected chi connectivity index (χ4v) is 2.03. The Morgan fingerprint density at radius 3 is 2.80 bits per heavy atom. The van der Waals surface area contributed by atoms with Gasteiger partial charge in [-0.15, -0.1) is 0 Å². The molecule has 20 heavy (non-hydrogen) atoms. The summed E-state index contributed by atoms with van der Waals surface area (Å²) in [6.07, 6.45) is 3.30. The number of rotatable bonds is 10. The van der Waals surface area contributed by atoms with Crippen molar-refractivity contribution in [1.29, 1.82) is 0 Å². The summed E-state index contributed by atoms with van der Waals surface area (Å²) < 4.78 is 19.3. The van der Waals surface area contributed by atoms with Crippen LogP contribution in [0.3, 0.4) is 0 Å². The van der Waals surface area contributed by atoms with Gasteiger partial charge in [0.05, 0.1) is 6.61 Å². The topological polar surface area (TPSA) is 21.3 Å². The molecule has 0 saturated carbocycles. The zero-order valence-electron chi connectivity index (χ0n) is 13.0. The molecule has 0 aliphatic carbocycles. The summed E-state index contributed by atoms with van der Waals surface area (Å²) in [5, 5.41) is 3.32. The van der Waals surface area contributed by atoms with Gasteiger partial charge in [0.15, 0.2) is 0 Å². The summed E-state index contributed by atoms with van der Waals surface area (Å²) in [5.74, 6) is 0.524. The van der Waals surface area contributed by atoms with E-state index in [-0.39, 0.29) is 5.82 Å². The van der Waals surface area contributed by atoms with E-state index in [1.807, 2.05) is 12.1 Å². The Morgan fingerprint density at radius 2 is 2.10 bits per heavy atom. The van der Waals surface area contributed by atoms with Crippen LogP contribution in [0.4, 0.5) is 4.39 Å². The van der Waals surface area contributed by atoms with Gasteiger partial charge in [-0.2, -0.15) is 0 Å². The lowest BCUT2D eigenvalue weighted by Gasteiger charge is -2.09. The zero-order valence-corrected chi connectivity index (χ0v) is 13.0. The summed E-state index contributed by atoms with van der Waals surface area (Å²) in [6, 6.07) is 5.27. The van der Waals surface area contributed by atoms with Crippen molar-refractivity contribution in [2.45, 2.75) is 53.2 Å². The Bertz CT molecular complexity index is 379. The van der Waals surface area contributed by atoms with Gasteiger partial charge < -0.3 is 10.1 Å². The van der Waals surface area contributed by atoms with Crippen LogP contribution in [-0.2, 0) is 17.9 Å². The molecule has 0 radical (unpaired) electrons. The number of benzene rings is 1. The van der Waals surface area contributed by atoms with Crippen molar-refractivity contribution >= 4 is 0 Å². The quantitative estimate of drug-likeness (QED) is 0.646. The third-order valence-electron chi connectivity index (χ3n) is 3.19. The van der Waals surface area contributed by atoms with E-state index in [1.54, 1.807) is 0 Å². The number of hydrogen-bond acceptors (Lipinski definition) is 2. The number of hydrogen-bond donors (Lipinski definition) is 1. The van der Waals surface area contributed by atoms with Crippen LogP contribution in [-0.4, -0.2) is 13.2 Å². The summed E-state index contributed by atoms with van der Waals surface area (Å²) in [7, 11) is 0. The highest BCUT2D eigenvalue weighted by Crippen LogP contribution is 2.13. The molecule has 0 aromatic heterocycles. The van der Waals surface area contributed by atoms with Crippen LogP contribution in [0.1, 0.15) is 51.2 Å². The van der Waals surface area contributed by atoms with Gasteiger partial charge >= 0.3 is 0 Å². The van der Waals surface area contributed by atoms with Crippen LogP contribution in [0, 0.1) is 11.7 Å². The molecule has 0 fully saturated rings. The SMILES string of the molecule is CCCNCc1ccc(F)c(COCCCC(C)C)c1. The number of nitrogens with one attached hydrogen (secondary N) is 1. The molecule has 0 amide bonds. The smallest absolute Gasteiger partial charge is 0.128 e. The lowest BCUT2D eigenvalue weighted by Crippen LogP contribution is -2.14. The summed E-state index contributed by atoms with van der Waals surface area (Å²) in [6.45, 7) is 9.38. The lowest BCUT2D eigenvalue weighted by atomic mass is 10.1. The molecule has 0 atom stereocenters. The molecule has 0 saturated heterocycles. The Labute approximate surface area is 122 Å². The van der Waals surface area contributed by atoms with E-state index in [9.17, 15) is 4.39 Å². The van der Waals surface area contributed by atoms with Gasteiger partial charge in [-0.3, -0.25) is 0 Å². The van der Waals surface area contributed by atoms with Crippen LogP contribution in [0.5, 0.6) is 0 Å². The number of ether oxygens (including phenoxy) is 1. The van der Waals surface area contributed by atoms with Crippen LogP contribution in [0.2, 0.25) is 0 Å². The minimum Gasteiger partial charge on any atom is -0.377 e. The normalized spacial score (nSPS) is 11.2. The third kappa shape index (κ3) is 7.01. The van der Waals surface area contributed by atoms with Crippen molar-refractivity contribution in [3.05, 3.63) is 35.1 Å². The average Bonchev–Trinajstić information content (AvgIpc) is 2.41. The van der Waals surface area contributed by atoms with Gasteiger partial charge in [0.1, 0.15) is 5.82 Å². The molecule has 114 valence electrons. The molecule has 0 unspecified atom stereocenters. The Morgan fingerprint density at radius 1 is 1.30 bits per heavy atom. The zero-order chi connectivity index (χ0) is 14.8. The van der Waals surface area contributed by atoms with Crippen molar-refractivity contribution in [3.8, 4) is 0 Å². The third-order valence-corrected chi connectivity index (χ3v) is 3.19. The fraction of sp³-hybridized carbons (Fsp3) is 0.647. The van der Waals surface area contributed by atoms with Crippen molar-refractivity contribution in [3.63, 3.8) is 0 Å². The van der Waals surface area contributed by atoms with E-state index in [0.717, 1.165) is 37.9 Å². The molecule has 0 aliphatic heterocycles. The van der Waals surface area contributed by atoms with E-state index >= 15 is 0 Å². The van der Waals surface area contributed by atoms with Crippen molar-refractivity contribution in [1.82, 2.24) is 5.32 Å². The second-order valence-electron chi connectivity index (χ2n) is 5.69. The first-order chi connectivity index (χ1) is 9.63. The van der Waals surface area contributed by atoms with Gasteiger partial charge in [0, 0.05) is 18.7 Å². The van der Waals surface area contributed by atoms with E-state index in [1.165, 1.54) is 6.07 Å². The average molecular weight is 281 g/mol. The molecule has 0 aliphatic rings. The molecule has 0 heterocycles. The van der Waals surface area contributed by atoms with Gasteiger partial charge in [-0.25, -0.2) is 4.39 Å². The Balaban J connectivity index is 2.37. The van der Waals surface area contributed by atoms with Gasteiger partial charge in [0.25, 0.3) is 0 Å². The minimum atomic E-state index is -0.173. The molecule has 2 nitrogen and oxygen atoms in total. The van der Waals surface area contributed by atoms with Gasteiger partial charge in [-0.05, 0) is 49.4 Å². The number of halogens is 1. The lowest BCUT2D eigenvalue weighted by molar-refractivity contribution is 0.112. The fourth-order valence-electron chi connectivity index (χ4n) is 2.03. The summed E-state index contributed by atoms with van der Waals surface area (Å²) in [5.41, 5.74) is 1.77. The van der Waals surface area contributed by atoms with E-state index in [2.05, 4.69) is 26.1 Å². The van der Waals surface area contributed by atoms with Crippen LogP contribution < -0.4 is 5.32 Å². The molecule has 1 rings (SSSR count). The predicted molar refractivity (Wildman–Crippen MR) is 82.1 cm³/mol. The largest absolute Gasteiger partial charge is 0.377 e. The molecular formula is C17H28FNO. The maximum Gasteiger partial charge on any atom is 0.128 e. The summed E-state index contributed by atoms with van der Waals surface area (Å²) >= 11 is 0. The van der Waals surface area contributed by atoms with Gasteiger partial charge in [0.2, 0.25) is 0 Å². The highest BCUT2D eigenvalue weighted by Gasteiger charge is 2.04. The predicted octanol–water partition coefficient (Wildman–Crippen LogP) is 4.28. The maximum atomic E-state index is 13.7. The van der Waals surface area contributed by atoms with Crippen LogP contribution in [0.15, 0.2) is 18.2 Å². The van der Waals surface area contributed by atoms with Crippen molar-refractivity contribution in [2.24, 2.45) is 5.92 Å². The van der Waals surface area contributed by atoms with Crippen molar-refractivity contribution in [2.75, 3.05) is 13.2 Å². The second kappa shape index (κ2) is 9.89. The van der Waals surface area contributed by atoms with Crippen LogP contribution in [0.25, 0.3) is 0 Å². The van der Waals surface area contributed by atoms with Crippen LogP contribution >= 0.6 is 0 Å². The highest BCUT2D eigenvalue weighted by molar-refractivity contribution is 5.24. The molecule has 1 aromatic carbocycles. The molecule has 1 N–H and O–H groups in total. The molecule has 3 heteroatoms. The maximum absolute atomic E-state index is 13.7. The first kappa shape index (κ1) is 17.1. The molecule has 1 aromatic rings. The molecular weight excluding hydrogens is 253 g/mol. The second-order valence-corrected chi connectivity index (χ2v) is 5.69. The van der Waals surface area contributed by atoms with E-state index in [0.29, 0.717) is 24.7 Å².